The molecule has 3 rings (SSSR count). The highest BCUT2D eigenvalue weighted by Gasteiger charge is 2.44. The Morgan fingerprint density at radius 2 is 1.60 bits per heavy atom. The summed E-state index contributed by atoms with van der Waals surface area (Å²) in [5, 5.41) is 2.25. The first-order chi connectivity index (χ1) is 12.3. The van der Waals surface area contributed by atoms with Crippen LogP contribution >= 0.6 is 22.7 Å². The molecule has 0 spiro atoms. The standard InChI is InChI=1S/C22H30OS2/c1-3-5-7-9-12-22(13-10-8-6-4-2)18-11-14-24-20(18)21-19(22)15-17(16-23)25-21/h11,14-16H,3-10,12-13H2,1-2H3. The molecular weight excluding hydrogens is 344 g/mol. The van der Waals surface area contributed by atoms with Gasteiger partial charge in [0.25, 0.3) is 0 Å². The van der Waals surface area contributed by atoms with Crippen molar-refractivity contribution in [2.24, 2.45) is 0 Å². The lowest BCUT2D eigenvalue weighted by atomic mass is 9.71. The molecule has 0 saturated heterocycles. The Hall–Kier alpha value is -0.930. The van der Waals surface area contributed by atoms with Gasteiger partial charge in [-0.05, 0) is 41.5 Å². The van der Waals surface area contributed by atoms with Crippen molar-refractivity contribution in [2.75, 3.05) is 0 Å². The fourth-order valence-corrected chi connectivity index (χ4v) is 6.61. The van der Waals surface area contributed by atoms with E-state index in [1.807, 2.05) is 11.3 Å². The first-order valence-electron chi connectivity index (χ1n) is 9.94. The monoisotopic (exact) mass is 374 g/mol. The molecule has 1 nitrogen and oxygen atoms in total. The van der Waals surface area contributed by atoms with Crippen molar-refractivity contribution in [2.45, 2.75) is 83.5 Å². The molecule has 0 bridgehead atoms. The van der Waals surface area contributed by atoms with E-state index in [4.69, 9.17) is 0 Å². The lowest BCUT2D eigenvalue weighted by molar-refractivity contribution is 0.112. The number of carbonyl (C=O) groups is 1. The molecule has 0 N–H and O–H groups in total. The van der Waals surface area contributed by atoms with Gasteiger partial charge in [0, 0.05) is 15.2 Å². The number of hydrogen-bond acceptors (Lipinski definition) is 3. The summed E-state index contributed by atoms with van der Waals surface area (Å²) < 4.78 is 0. The predicted octanol–water partition coefficient (Wildman–Crippen LogP) is 7.83. The van der Waals surface area contributed by atoms with Crippen LogP contribution < -0.4 is 0 Å². The summed E-state index contributed by atoms with van der Waals surface area (Å²) in [6, 6.07) is 4.58. The van der Waals surface area contributed by atoms with Gasteiger partial charge in [-0.3, -0.25) is 4.79 Å². The number of carbonyl (C=O) groups excluding carboxylic acids is 1. The van der Waals surface area contributed by atoms with Crippen LogP contribution in [0.5, 0.6) is 0 Å². The molecular formula is C22H30OS2. The maximum Gasteiger partial charge on any atom is 0.160 e. The van der Waals surface area contributed by atoms with E-state index in [2.05, 4.69) is 31.4 Å². The summed E-state index contributed by atoms with van der Waals surface area (Å²) in [4.78, 5) is 15.1. The van der Waals surface area contributed by atoms with E-state index >= 15 is 0 Å². The average molecular weight is 375 g/mol. The maximum absolute atomic E-state index is 11.4. The molecule has 2 heterocycles. The number of aldehydes is 1. The summed E-state index contributed by atoms with van der Waals surface area (Å²) in [6.07, 6.45) is 14.0. The summed E-state index contributed by atoms with van der Waals surface area (Å²) in [5.41, 5.74) is 3.20. The molecule has 0 amide bonds. The molecule has 0 atom stereocenters. The van der Waals surface area contributed by atoms with Gasteiger partial charge in [0.2, 0.25) is 0 Å². The van der Waals surface area contributed by atoms with E-state index in [1.165, 1.54) is 79.5 Å². The van der Waals surface area contributed by atoms with Crippen LogP contribution in [0.4, 0.5) is 0 Å². The van der Waals surface area contributed by atoms with Gasteiger partial charge >= 0.3 is 0 Å². The molecule has 0 aromatic carbocycles. The Bertz CT molecular complexity index is 683. The molecule has 0 unspecified atom stereocenters. The topological polar surface area (TPSA) is 17.1 Å². The Balaban J connectivity index is 1.92. The molecule has 0 fully saturated rings. The largest absolute Gasteiger partial charge is 0.297 e. The van der Waals surface area contributed by atoms with Crippen LogP contribution in [-0.2, 0) is 5.41 Å². The molecule has 3 heteroatoms. The van der Waals surface area contributed by atoms with Crippen LogP contribution in [0, 0.1) is 0 Å². The fourth-order valence-electron chi connectivity index (χ4n) is 4.37. The van der Waals surface area contributed by atoms with Gasteiger partial charge in [-0.2, -0.15) is 0 Å². The van der Waals surface area contributed by atoms with Crippen molar-refractivity contribution >= 4 is 29.0 Å². The van der Waals surface area contributed by atoms with Gasteiger partial charge in [0.15, 0.2) is 6.29 Å². The summed E-state index contributed by atoms with van der Waals surface area (Å²) in [6.45, 7) is 4.56. The molecule has 1 aliphatic carbocycles. The molecule has 1 aliphatic rings. The predicted molar refractivity (Wildman–Crippen MR) is 111 cm³/mol. The van der Waals surface area contributed by atoms with Crippen LogP contribution in [0.15, 0.2) is 17.5 Å². The second-order valence-electron chi connectivity index (χ2n) is 7.38. The van der Waals surface area contributed by atoms with E-state index in [1.54, 1.807) is 16.9 Å². The second-order valence-corrected chi connectivity index (χ2v) is 9.38. The van der Waals surface area contributed by atoms with E-state index in [0.29, 0.717) is 0 Å². The minimum Gasteiger partial charge on any atom is -0.297 e. The summed E-state index contributed by atoms with van der Waals surface area (Å²) >= 11 is 3.56. The smallest absolute Gasteiger partial charge is 0.160 e. The number of fused-ring (bicyclic) bond motifs is 3. The highest BCUT2D eigenvalue weighted by atomic mass is 32.1. The van der Waals surface area contributed by atoms with Crippen LogP contribution in [0.2, 0.25) is 0 Å². The Morgan fingerprint density at radius 3 is 2.20 bits per heavy atom. The number of hydrogen-bond donors (Lipinski definition) is 0. The quantitative estimate of drug-likeness (QED) is 0.289. The Labute approximate surface area is 160 Å². The van der Waals surface area contributed by atoms with Crippen molar-refractivity contribution in [3.8, 4) is 9.75 Å². The SMILES string of the molecule is CCCCCCC1(CCCCCC)c2ccsc2-c2sc(C=O)cc21. The van der Waals surface area contributed by atoms with E-state index < -0.39 is 0 Å². The highest BCUT2D eigenvalue weighted by molar-refractivity contribution is 7.22. The Morgan fingerprint density at radius 1 is 0.920 bits per heavy atom. The zero-order chi connectivity index (χ0) is 17.7. The lowest BCUT2D eigenvalue weighted by Crippen LogP contribution is -2.25. The molecule has 0 aliphatic heterocycles. The van der Waals surface area contributed by atoms with Crippen LogP contribution in [0.1, 0.15) is 98.9 Å². The fraction of sp³-hybridized carbons (Fsp3) is 0.591. The van der Waals surface area contributed by atoms with Crippen LogP contribution in [0.25, 0.3) is 9.75 Å². The molecule has 0 saturated carbocycles. The van der Waals surface area contributed by atoms with Gasteiger partial charge < -0.3 is 0 Å². The van der Waals surface area contributed by atoms with E-state index in [0.717, 1.165) is 11.2 Å². The van der Waals surface area contributed by atoms with Crippen molar-refractivity contribution in [1.29, 1.82) is 0 Å². The first kappa shape index (κ1) is 18.8. The normalized spacial score (nSPS) is 14.5. The summed E-state index contributed by atoms with van der Waals surface area (Å²) in [7, 11) is 0. The molecule has 25 heavy (non-hydrogen) atoms. The zero-order valence-corrected chi connectivity index (χ0v) is 17.2. The van der Waals surface area contributed by atoms with Crippen molar-refractivity contribution in [3.63, 3.8) is 0 Å². The second kappa shape index (κ2) is 8.64. The van der Waals surface area contributed by atoms with Crippen molar-refractivity contribution in [3.05, 3.63) is 33.5 Å². The van der Waals surface area contributed by atoms with Gasteiger partial charge in [0.05, 0.1) is 4.88 Å². The molecule has 0 radical (unpaired) electrons. The van der Waals surface area contributed by atoms with Crippen molar-refractivity contribution in [1.82, 2.24) is 0 Å². The minimum absolute atomic E-state index is 0.171. The number of rotatable bonds is 11. The van der Waals surface area contributed by atoms with Crippen molar-refractivity contribution < 1.29 is 4.79 Å². The van der Waals surface area contributed by atoms with Gasteiger partial charge in [-0.1, -0.05) is 65.2 Å². The third-order valence-electron chi connectivity index (χ3n) is 5.68. The zero-order valence-electron chi connectivity index (χ0n) is 15.6. The number of thiophene rings is 2. The Kier molecular flexibility index (Phi) is 6.51. The van der Waals surface area contributed by atoms with E-state index in [-0.39, 0.29) is 5.41 Å². The van der Waals surface area contributed by atoms with Gasteiger partial charge in [0.1, 0.15) is 0 Å². The summed E-state index contributed by atoms with van der Waals surface area (Å²) in [5.74, 6) is 0. The lowest BCUT2D eigenvalue weighted by Gasteiger charge is -2.31. The number of unbranched alkanes of at least 4 members (excludes halogenated alkanes) is 6. The highest BCUT2D eigenvalue weighted by Crippen LogP contribution is 2.58. The third-order valence-corrected chi connectivity index (χ3v) is 7.82. The molecule has 2 aromatic heterocycles. The third kappa shape index (κ3) is 3.64. The average Bonchev–Trinajstić information content (AvgIpc) is 3.31. The minimum atomic E-state index is 0.171. The van der Waals surface area contributed by atoms with E-state index in [9.17, 15) is 4.79 Å². The maximum atomic E-state index is 11.4. The van der Waals surface area contributed by atoms with Gasteiger partial charge in [-0.15, -0.1) is 22.7 Å². The molecule has 2 aromatic rings. The van der Waals surface area contributed by atoms with Crippen LogP contribution in [0.3, 0.4) is 0 Å². The van der Waals surface area contributed by atoms with Crippen LogP contribution in [-0.4, -0.2) is 6.29 Å². The van der Waals surface area contributed by atoms with Gasteiger partial charge in [-0.25, -0.2) is 0 Å². The molecule has 136 valence electrons. The first-order valence-corrected chi connectivity index (χ1v) is 11.6.